The van der Waals surface area contributed by atoms with Gasteiger partial charge in [0.1, 0.15) is 0 Å². The van der Waals surface area contributed by atoms with Gasteiger partial charge in [-0.3, -0.25) is 8.80 Å². The molecule has 1 aromatic rings. The normalized spacial score (nSPS) is 10.0. The Morgan fingerprint density at radius 1 is 1.00 bits per heavy atom. The Hall–Kier alpha value is -0.763. The van der Waals surface area contributed by atoms with Gasteiger partial charge in [-0.05, 0) is 26.0 Å². The van der Waals surface area contributed by atoms with Gasteiger partial charge >= 0.3 is 0 Å². The Kier molecular flexibility index (Phi) is 4.20. The SMILES string of the molecule is CCN(CC)c1ccc([Si-](C)C)cc1. The third kappa shape index (κ3) is 2.61. The molecule has 0 radical (unpaired) electrons. The molecule has 0 bridgehead atoms. The maximum absolute atomic E-state index is 2.38. The Labute approximate surface area is 89.4 Å². The van der Waals surface area contributed by atoms with Gasteiger partial charge in [0.15, 0.2) is 0 Å². The highest BCUT2D eigenvalue weighted by Gasteiger charge is 1.99. The summed E-state index contributed by atoms with van der Waals surface area (Å²) < 4.78 is 0. The van der Waals surface area contributed by atoms with E-state index in [1.165, 1.54) is 10.9 Å². The minimum absolute atomic E-state index is 0.286. The number of benzene rings is 1. The Morgan fingerprint density at radius 2 is 1.50 bits per heavy atom. The average molecular weight is 206 g/mol. The van der Waals surface area contributed by atoms with Crippen molar-refractivity contribution < 1.29 is 0 Å². The second-order valence-corrected chi connectivity index (χ2v) is 6.30. The smallest absolute Gasteiger partial charge is 0.0364 e. The van der Waals surface area contributed by atoms with Gasteiger partial charge in [0.05, 0.1) is 0 Å². The van der Waals surface area contributed by atoms with Gasteiger partial charge in [-0.2, -0.15) is 18.3 Å². The molecule has 0 heterocycles. The maximum Gasteiger partial charge on any atom is 0.0364 e. The van der Waals surface area contributed by atoms with Gasteiger partial charge in [-0.25, -0.2) is 0 Å². The first-order valence-electron chi connectivity index (χ1n) is 5.34. The number of nitrogens with zero attached hydrogens (tertiary/aromatic N) is 1. The van der Waals surface area contributed by atoms with Crippen LogP contribution in [0.5, 0.6) is 0 Å². The molecule has 0 atom stereocenters. The zero-order chi connectivity index (χ0) is 10.6. The largest absolute Gasteiger partial charge is 0.372 e. The summed E-state index contributed by atoms with van der Waals surface area (Å²) in [6, 6.07) is 9.06. The molecule has 0 aromatic heterocycles. The molecule has 0 spiro atoms. The van der Waals surface area contributed by atoms with Crippen LogP contribution in [-0.2, 0) is 0 Å². The number of hydrogen-bond acceptors (Lipinski definition) is 1. The topological polar surface area (TPSA) is 3.24 Å². The van der Waals surface area contributed by atoms with E-state index in [4.69, 9.17) is 0 Å². The maximum atomic E-state index is 2.38. The summed E-state index contributed by atoms with van der Waals surface area (Å²) in [5.41, 5.74) is 1.35. The lowest BCUT2D eigenvalue weighted by Gasteiger charge is -2.24. The van der Waals surface area contributed by atoms with E-state index in [0.717, 1.165) is 13.1 Å². The minimum atomic E-state index is -0.286. The Morgan fingerprint density at radius 3 is 1.86 bits per heavy atom. The minimum Gasteiger partial charge on any atom is -0.372 e. The molecule has 0 amide bonds. The van der Waals surface area contributed by atoms with Crippen molar-refractivity contribution >= 4 is 19.7 Å². The van der Waals surface area contributed by atoms with Crippen LogP contribution in [0, 0.1) is 0 Å². The fraction of sp³-hybridized carbons (Fsp3) is 0.500. The van der Waals surface area contributed by atoms with Gasteiger partial charge in [-0.15, -0.1) is 0 Å². The zero-order valence-electron chi connectivity index (χ0n) is 9.67. The molecule has 14 heavy (non-hydrogen) atoms. The highest BCUT2D eigenvalue weighted by Crippen LogP contribution is 2.11. The van der Waals surface area contributed by atoms with Crippen molar-refractivity contribution in [2.75, 3.05) is 18.0 Å². The first-order valence-corrected chi connectivity index (χ1v) is 7.84. The van der Waals surface area contributed by atoms with Gasteiger partial charge in [0.2, 0.25) is 0 Å². The Balaban J connectivity index is 2.81. The third-order valence-corrected chi connectivity index (χ3v) is 4.06. The molecule has 0 aliphatic carbocycles. The number of rotatable bonds is 4. The summed E-state index contributed by atoms with van der Waals surface area (Å²) in [5, 5.41) is 1.52. The molecule has 1 aromatic carbocycles. The van der Waals surface area contributed by atoms with Crippen LogP contribution in [-0.4, -0.2) is 21.9 Å². The lowest BCUT2D eigenvalue weighted by Crippen LogP contribution is -2.25. The standard InChI is InChI=1S/C12H20NSi/c1-5-13(6-2)11-7-9-12(10-8-11)14(3)4/h7-10H,5-6H2,1-4H3/q-1. The van der Waals surface area contributed by atoms with E-state index in [2.05, 4.69) is 56.1 Å². The van der Waals surface area contributed by atoms with Crippen molar-refractivity contribution in [1.82, 2.24) is 0 Å². The molecular formula is C12H20NSi-. The summed E-state index contributed by atoms with van der Waals surface area (Å²) in [4.78, 5) is 2.38. The Bertz CT molecular complexity index is 262. The molecule has 1 rings (SSSR count). The molecule has 0 N–H and O–H groups in total. The quantitative estimate of drug-likeness (QED) is 0.684. The van der Waals surface area contributed by atoms with E-state index in [1.807, 2.05) is 0 Å². The summed E-state index contributed by atoms with van der Waals surface area (Å²) in [5.74, 6) is 0. The molecule has 0 unspecified atom stereocenters. The molecule has 2 heteroatoms. The lowest BCUT2D eigenvalue weighted by atomic mass is 10.3. The van der Waals surface area contributed by atoms with Gasteiger partial charge < -0.3 is 4.90 Å². The summed E-state index contributed by atoms with van der Waals surface area (Å²) in [7, 11) is -0.286. The van der Waals surface area contributed by atoms with Crippen molar-refractivity contribution in [3.8, 4) is 0 Å². The van der Waals surface area contributed by atoms with E-state index in [0.29, 0.717) is 0 Å². The fourth-order valence-electron chi connectivity index (χ4n) is 1.59. The van der Waals surface area contributed by atoms with E-state index in [1.54, 1.807) is 0 Å². The zero-order valence-corrected chi connectivity index (χ0v) is 10.7. The molecule has 0 saturated heterocycles. The molecule has 78 valence electrons. The van der Waals surface area contributed by atoms with Gasteiger partial charge in [0.25, 0.3) is 0 Å². The van der Waals surface area contributed by atoms with Gasteiger partial charge in [0, 0.05) is 18.8 Å². The van der Waals surface area contributed by atoms with E-state index >= 15 is 0 Å². The van der Waals surface area contributed by atoms with Crippen molar-refractivity contribution in [1.29, 1.82) is 0 Å². The molecule has 0 saturated carbocycles. The lowest BCUT2D eigenvalue weighted by molar-refractivity contribution is 0.866. The van der Waals surface area contributed by atoms with Crippen LogP contribution < -0.4 is 10.1 Å². The van der Waals surface area contributed by atoms with Crippen molar-refractivity contribution in [3.63, 3.8) is 0 Å². The highest BCUT2D eigenvalue weighted by atomic mass is 28.3. The molecular weight excluding hydrogens is 186 g/mol. The number of hydrogen-bond donors (Lipinski definition) is 0. The van der Waals surface area contributed by atoms with E-state index < -0.39 is 0 Å². The van der Waals surface area contributed by atoms with Crippen molar-refractivity contribution in [2.45, 2.75) is 26.9 Å². The predicted octanol–water partition coefficient (Wildman–Crippen LogP) is 2.49. The molecule has 0 aliphatic rings. The first-order chi connectivity index (χ1) is 6.69. The van der Waals surface area contributed by atoms with Crippen LogP contribution in [0.2, 0.25) is 13.1 Å². The van der Waals surface area contributed by atoms with Crippen LogP contribution in [0.4, 0.5) is 5.69 Å². The van der Waals surface area contributed by atoms with E-state index in [9.17, 15) is 0 Å². The van der Waals surface area contributed by atoms with Crippen LogP contribution >= 0.6 is 0 Å². The summed E-state index contributed by atoms with van der Waals surface area (Å²) in [6.07, 6.45) is 0. The summed E-state index contributed by atoms with van der Waals surface area (Å²) in [6.45, 7) is 11.2. The second kappa shape index (κ2) is 5.20. The average Bonchev–Trinajstić information content (AvgIpc) is 2.20. The van der Waals surface area contributed by atoms with Crippen LogP contribution in [0.1, 0.15) is 13.8 Å². The monoisotopic (exact) mass is 206 g/mol. The molecule has 0 aliphatic heterocycles. The predicted molar refractivity (Wildman–Crippen MR) is 67.1 cm³/mol. The first kappa shape index (κ1) is 11.3. The third-order valence-electron chi connectivity index (χ3n) is 2.57. The van der Waals surface area contributed by atoms with Gasteiger partial charge in [-0.1, -0.05) is 12.1 Å². The summed E-state index contributed by atoms with van der Waals surface area (Å²) >= 11 is 0. The second-order valence-electron chi connectivity index (χ2n) is 3.72. The van der Waals surface area contributed by atoms with Crippen LogP contribution in [0.3, 0.4) is 0 Å². The van der Waals surface area contributed by atoms with Crippen LogP contribution in [0.25, 0.3) is 0 Å². The van der Waals surface area contributed by atoms with Crippen LogP contribution in [0.15, 0.2) is 24.3 Å². The van der Waals surface area contributed by atoms with Crippen molar-refractivity contribution in [2.24, 2.45) is 0 Å². The number of anilines is 1. The molecule has 1 nitrogen and oxygen atoms in total. The molecule has 0 fully saturated rings. The highest BCUT2D eigenvalue weighted by molar-refractivity contribution is 6.70. The fourth-order valence-corrected chi connectivity index (χ4v) is 2.43. The van der Waals surface area contributed by atoms with E-state index in [-0.39, 0.29) is 8.80 Å². The van der Waals surface area contributed by atoms with Crippen molar-refractivity contribution in [3.05, 3.63) is 24.3 Å².